The van der Waals surface area contributed by atoms with Crippen LogP contribution in [0.5, 0.6) is 0 Å². The lowest BCUT2D eigenvalue weighted by molar-refractivity contribution is -0.870. The van der Waals surface area contributed by atoms with Gasteiger partial charge in [0, 0.05) is 19.1 Å². The Bertz CT molecular complexity index is 3600. The number of fused-ring (bicyclic) bond motifs is 1. The number of phosphoric ester groups is 1. The Morgan fingerprint density at radius 3 is 1.42 bits per heavy atom. The molecule has 0 saturated carbocycles. The van der Waals surface area contributed by atoms with E-state index in [1.165, 1.54) is 13.3 Å². The van der Waals surface area contributed by atoms with Crippen LogP contribution in [0, 0.1) is 0 Å². The summed E-state index contributed by atoms with van der Waals surface area (Å²) in [5, 5.41) is 3.15. The highest BCUT2D eigenvalue weighted by Gasteiger charge is 2.59. The molecule has 4 aliphatic heterocycles. The van der Waals surface area contributed by atoms with Gasteiger partial charge in [-0.25, -0.2) is 4.57 Å². The van der Waals surface area contributed by atoms with Crippen molar-refractivity contribution in [3.05, 3.63) is 251 Å². The molecule has 17 atom stereocenters. The van der Waals surface area contributed by atoms with Gasteiger partial charge in [-0.3, -0.25) is 13.8 Å². The average Bonchev–Trinajstić information content (AvgIpc) is 0.755. The number of nitrogens with zero attached hydrogens (tertiary/aromatic N) is 1. The fraction of sp³-hybridized carbons (Fsp3) is 0.476. The summed E-state index contributed by atoms with van der Waals surface area (Å²) in [6.45, 7) is 4.37. The number of hydrogen-bond acceptors (Lipinski definition) is 18. The third-order valence-electron chi connectivity index (χ3n) is 18.6. The molecule has 104 heavy (non-hydrogen) atoms. The van der Waals surface area contributed by atoms with Gasteiger partial charge in [0.1, 0.15) is 86.3 Å². The summed E-state index contributed by atoms with van der Waals surface area (Å²) >= 11 is 0. The second-order valence-corrected chi connectivity index (χ2v) is 29.2. The number of carbonyl (C=O) groups is 1. The molecule has 7 aromatic rings. The van der Waals surface area contributed by atoms with E-state index in [-0.39, 0.29) is 59.5 Å². The first-order valence-electron chi connectivity index (χ1n) is 36.5. The summed E-state index contributed by atoms with van der Waals surface area (Å²) < 4.78 is 126. The predicted molar refractivity (Wildman–Crippen MR) is 388 cm³/mol. The first kappa shape index (κ1) is 78.6. The zero-order valence-electron chi connectivity index (χ0n) is 60.4. The summed E-state index contributed by atoms with van der Waals surface area (Å²) in [6.07, 6.45) is -10.3. The molecular weight excluding hydrogens is 1350 g/mol. The van der Waals surface area contributed by atoms with E-state index in [2.05, 4.69) is 12.2 Å². The van der Waals surface area contributed by atoms with E-state index in [0.29, 0.717) is 17.6 Å². The zero-order chi connectivity index (χ0) is 72.4. The third-order valence-corrected chi connectivity index (χ3v) is 19.5. The molecule has 2 N–H and O–H groups in total. The molecule has 11 rings (SSSR count). The molecule has 1 unspecified atom stereocenters. The molecule has 4 aliphatic rings. The molecule has 4 saturated heterocycles. The minimum Gasteiger partial charge on any atom is -0.374 e. The number of amides is 1. The Morgan fingerprint density at radius 1 is 0.462 bits per heavy atom. The van der Waals surface area contributed by atoms with Crippen LogP contribution in [0.15, 0.2) is 212 Å². The molecule has 1 amide bonds. The monoisotopic (exact) mass is 1450 g/mol. The minimum atomic E-state index is -4.78. The number of quaternary nitrogens is 1. The van der Waals surface area contributed by atoms with E-state index in [9.17, 15) is 14.3 Å². The van der Waals surface area contributed by atoms with Crippen molar-refractivity contribution < 1.29 is 94.1 Å². The van der Waals surface area contributed by atoms with Crippen molar-refractivity contribution in [1.29, 1.82) is 0 Å². The van der Waals surface area contributed by atoms with Gasteiger partial charge in [-0.2, -0.15) is 0 Å². The van der Waals surface area contributed by atoms with Crippen LogP contribution in [0.3, 0.4) is 0 Å². The molecule has 22 heteroatoms. The van der Waals surface area contributed by atoms with Crippen LogP contribution in [0.1, 0.15) is 97.6 Å². The van der Waals surface area contributed by atoms with Gasteiger partial charge in [0.2, 0.25) is 5.91 Å². The van der Waals surface area contributed by atoms with Gasteiger partial charge < -0.3 is 81.0 Å². The first-order valence-corrected chi connectivity index (χ1v) is 38.0. The number of carbonyl (C=O) groups excluding carboxylic acids is 1. The number of nitrogens with one attached hydrogen (secondary N) is 1. The standard InChI is InChI=1S/C82H103N2O19P/c1-6-7-8-9-10-32-48-89-81-77(93-54-64-41-26-15-27-42-64)75(92-53-63-39-24-14-25-40-63)72(67(99-81)56-88-50-60-33-18-11-19-34-60)102-82-78(94-55-65-43-28-16-29-44-65)76(73-68(100-82)57-95-79(101-73)66-45-30-17-31-46-66)103-80-70(83-59(2)85)74(91-52-62-37-22-13-23-38-62)71(90-51-61-35-20-12-21-36-61)69(98-80)58-97-104(86,87)96-49-47-84(3,4)5/h11-31,33-46,67-82H,6-10,32,47-58H2,1-5H3,(H-,83,85,86,87)/p+1/t67-,68-,69-,70-,71-,72-,73-,74-,75+,76+,77-,78+,79-,80+,81-,82+/m1/s1. The molecule has 0 bridgehead atoms. The van der Waals surface area contributed by atoms with Gasteiger partial charge in [0.25, 0.3) is 0 Å². The summed E-state index contributed by atoms with van der Waals surface area (Å²) in [5.41, 5.74) is 5.93. The molecule has 560 valence electrons. The van der Waals surface area contributed by atoms with Crippen LogP contribution in [0.2, 0.25) is 0 Å². The number of hydrogen-bond donors (Lipinski definition) is 2. The first-order chi connectivity index (χ1) is 50.7. The lowest BCUT2D eigenvalue weighted by Crippen LogP contribution is -2.70. The fourth-order valence-corrected chi connectivity index (χ4v) is 13.8. The minimum absolute atomic E-state index is 0.00350. The van der Waals surface area contributed by atoms with Crippen LogP contribution in [0.25, 0.3) is 0 Å². The van der Waals surface area contributed by atoms with Crippen molar-refractivity contribution >= 4 is 13.7 Å². The van der Waals surface area contributed by atoms with E-state index in [1.54, 1.807) is 0 Å². The second kappa shape index (κ2) is 40.5. The molecule has 0 spiro atoms. The van der Waals surface area contributed by atoms with Crippen LogP contribution < -0.4 is 5.32 Å². The van der Waals surface area contributed by atoms with Crippen molar-refractivity contribution in [1.82, 2.24) is 5.32 Å². The number of rotatable bonds is 40. The number of benzene rings is 7. The van der Waals surface area contributed by atoms with E-state index in [1.807, 2.05) is 233 Å². The Kier molecular flexibility index (Phi) is 30.6. The lowest BCUT2D eigenvalue weighted by Gasteiger charge is -2.53. The highest BCUT2D eigenvalue weighted by Crippen LogP contribution is 2.46. The van der Waals surface area contributed by atoms with Crippen LogP contribution in [0.4, 0.5) is 0 Å². The van der Waals surface area contributed by atoms with E-state index in [4.69, 9.17) is 75.4 Å². The Labute approximate surface area is 612 Å². The van der Waals surface area contributed by atoms with Crippen LogP contribution >= 0.6 is 7.82 Å². The highest BCUT2D eigenvalue weighted by molar-refractivity contribution is 7.47. The largest absolute Gasteiger partial charge is 0.472 e. The van der Waals surface area contributed by atoms with E-state index in [0.717, 1.165) is 71.0 Å². The quantitative estimate of drug-likeness (QED) is 0.0207. The summed E-state index contributed by atoms with van der Waals surface area (Å²) in [7, 11) is 1.06. The number of ether oxygens (including phenoxy) is 14. The maximum absolute atomic E-state index is 14.1. The van der Waals surface area contributed by atoms with Gasteiger partial charge in [0.05, 0.1) is 80.6 Å². The Balaban J connectivity index is 1.02. The van der Waals surface area contributed by atoms with Gasteiger partial charge in [-0.15, -0.1) is 0 Å². The molecule has 7 aromatic carbocycles. The highest BCUT2D eigenvalue weighted by atomic mass is 31.2. The number of phosphoric acid groups is 1. The Morgan fingerprint density at radius 2 is 0.904 bits per heavy atom. The summed E-state index contributed by atoms with van der Waals surface area (Å²) in [4.78, 5) is 25.5. The van der Waals surface area contributed by atoms with Crippen LogP contribution in [-0.2, 0) is 124 Å². The number of likely N-dealkylation sites (N-methyl/N-ethyl adjacent to an activating group) is 1. The van der Waals surface area contributed by atoms with Gasteiger partial charge in [-0.1, -0.05) is 251 Å². The molecule has 0 aliphatic carbocycles. The molecule has 0 radical (unpaired) electrons. The SMILES string of the molecule is CCCCCCCCO[C@@H]1O[C@H](COCc2ccccc2)[C@@H](O[C@@H]2O[C@@H]3CO[C@@H](c4ccccc4)O[C@H]3[C@H](O[C@@H]3O[C@H](COP(=O)(O)OCC[N+](C)(C)C)[C@@H](OCc4ccccc4)[C@H](OCc4ccccc4)[C@H]3NC(C)=O)[C@@H]2OCc2ccccc2)[C@H](OCc2ccccc2)[C@H]1OCc1ccccc1. The van der Waals surface area contributed by atoms with E-state index < -0.39 is 119 Å². The topological polar surface area (TPSA) is 214 Å². The van der Waals surface area contributed by atoms with Crippen molar-refractivity contribution in [2.75, 3.05) is 60.7 Å². The van der Waals surface area contributed by atoms with E-state index >= 15 is 0 Å². The zero-order valence-corrected chi connectivity index (χ0v) is 61.3. The lowest BCUT2D eigenvalue weighted by atomic mass is 9.93. The average molecular weight is 1450 g/mol. The molecule has 4 fully saturated rings. The molecule has 0 aromatic heterocycles. The molecule has 4 heterocycles. The summed E-state index contributed by atoms with van der Waals surface area (Å²) in [6, 6.07) is 66.9. The molecular formula is C82H104N2O19P+. The van der Waals surface area contributed by atoms with Gasteiger partial charge in [-0.05, 0) is 39.8 Å². The molecule has 21 nitrogen and oxygen atoms in total. The maximum Gasteiger partial charge on any atom is 0.472 e. The van der Waals surface area contributed by atoms with Crippen molar-refractivity contribution in [3.63, 3.8) is 0 Å². The van der Waals surface area contributed by atoms with Crippen molar-refractivity contribution in [2.24, 2.45) is 0 Å². The fourth-order valence-electron chi connectivity index (χ4n) is 13.1. The smallest absolute Gasteiger partial charge is 0.374 e. The van der Waals surface area contributed by atoms with Crippen LogP contribution in [-0.4, -0.2) is 168 Å². The van der Waals surface area contributed by atoms with Gasteiger partial charge in [0.15, 0.2) is 25.2 Å². The Hall–Kier alpha value is -6.48. The number of unbranched alkanes of at least 4 members (excludes halogenated alkanes) is 5. The van der Waals surface area contributed by atoms with Crippen molar-refractivity contribution in [3.8, 4) is 0 Å². The summed E-state index contributed by atoms with van der Waals surface area (Å²) in [5.74, 6) is -0.449. The predicted octanol–water partition coefficient (Wildman–Crippen LogP) is 12.9. The van der Waals surface area contributed by atoms with Crippen molar-refractivity contribution in [2.45, 2.75) is 190 Å². The second-order valence-electron chi connectivity index (χ2n) is 27.8. The normalized spacial score (nSPS) is 27.0. The third kappa shape index (κ3) is 24.0. The maximum atomic E-state index is 14.1. The van der Waals surface area contributed by atoms with Gasteiger partial charge >= 0.3 is 7.82 Å².